The lowest BCUT2D eigenvalue weighted by atomic mass is 10.1. The third-order valence-corrected chi connectivity index (χ3v) is 2.52. The van der Waals surface area contributed by atoms with Crippen LogP contribution in [0.2, 0.25) is 0 Å². The zero-order chi connectivity index (χ0) is 13.1. The molecule has 3 nitrogen and oxygen atoms in total. The zero-order valence-corrected chi connectivity index (χ0v) is 10.4. The van der Waals surface area contributed by atoms with Crippen molar-refractivity contribution in [3.63, 3.8) is 0 Å². The Kier molecular flexibility index (Phi) is 9.06. The van der Waals surface area contributed by atoms with Crippen LogP contribution in [0.5, 0.6) is 0 Å². The summed E-state index contributed by atoms with van der Waals surface area (Å²) in [4.78, 5) is 10.3. The van der Waals surface area contributed by atoms with E-state index < -0.39 is 12.1 Å². The highest BCUT2D eigenvalue weighted by atomic mass is 16.4. The molecule has 3 heteroatoms. The molecule has 1 atom stereocenters. The monoisotopic (exact) mass is 238 g/mol. The topological polar surface area (TPSA) is 57.5 Å². The van der Waals surface area contributed by atoms with E-state index in [9.17, 15) is 4.79 Å². The van der Waals surface area contributed by atoms with Gasteiger partial charge in [-0.15, -0.1) is 0 Å². The third-order valence-electron chi connectivity index (χ3n) is 2.52. The summed E-state index contributed by atoms with van der Waals surface area (Å²) in [6, 6.07) is 0. The molecule has 0 bridgehead atoms. The predicted octanol–water partition coefficient (Wildman–Crippen LogP) is 3.07. The largest absolute Gasteiger partial charge is 0.479 e. The molecular formula is C14H22O3. The number of carboxylic acids is 1. The molecule has 1 saturated carbocycles. The van der Waals surface area contributed by atoms with Crippen LogP contribution in [0.1, 0.15) is 39.0 Å². The van der Waals surface area contributed by atoms with Gasteiger partial charge in [0.1, 0.15) is 0 Å². The molecule has 0 radical (unpaired) electrons. The van der Waals surface area contributed by atoms with Gasteiger partial charge in [-0.3, -0.25) is 0 Å². The number of rotatable bonds is 4. The van der Waals surface area contributed by atoms with Gasteiger partial charge in [0.25, 0.3) is 0 Å². The minimum Gasteiger partial charge on any atom is -0.479 e. The third kappa shape index (κ3) is 7.53. The maximum atomic E-state index is 10.3. The molecule has 0 amide bonds. The molecular weight excluding hydrogens is 216 g/mol. The number of allylic oxidation sites excluding steroid dienone is 3. The average molecular weight is 238 g/mol. The predicted molar refractivity (Wildman–Crippen MR) is 69.8 cm³/mol. The summed E-state index contributed by atoms with van der Waals surface area (Å²) in [5, 5.41) is 17.5. The number of aliphatic hydroxyl groups excluding tert-OH is 1. The summed E-state index contributed by atoms with van der Waals surface area (Å²) in [5.74, 6) is -1.27. The highest BCUT2D eigenvalue weighted by molar-refractivity contribution is 5.76. The van der Waals surface area contributed by atoms with Gasteiger partial charge in [-0.1, -0.05) is 63.0 Å². The van der Waals surface area contributed by atoms with Crippen LogP contribution in [0.3, 0.4) is 0 Å². The Bertz CT molecular complexity index is 278. The van der Waals surface area contributed by atoms with Crippen LogP contribution < -0.4 is 0 Å². The molecule has 0 aromatic rings. The van der Waals surface area contributed by atoms with E-state index in [0.717, 1.165) is 0 Å². The molecule has 0 aromatic carbocycles. The van der Waals surface area contributed by atoms with E-state index in [0.29, 0.717) is 0 Å². The summed E-state index contributed by atoms with van der Waals surface area (Å²) in [7, 11) is 0. The number of hydrogen-bond acceptors (Lipinski definition) is 2. The Balaban J connectivity index is 0.000000419. The molecule has 96 valence electrons. The lowest BCUT2D eigenvalue weighted by molar-refractivity contribution is -0.144. The second-order valence-corrected chi connectivity index (χ2v) is 3.91. The fourth-order valence-corrected chi connectivity index (χ4v) is 1.50. The van der Waals surface area contributed by atoms with Gasteiger partial charge in [0.05, 0.1) is 0 Å². The van der Waals surface area contributed by atoms with Gasteiger partial charge in [0.2, 0.25) is 0 Å². The SMILES string of the molecule is C1CCCC1.C=C/C(=C\C=C/C)[C@@H](O)C(=O)O. The van der Waals surface area contributed by atoms with E-state index >= 15 is 0 Å². The van der Waals surface area contributed by atoms with Crippen molar-refractivity contribution in [2.75, 3.05) is 0 Å². The molecule has 0 aromatic heterocycles. The Hall–Kier alpha value is -1.35. The second kappa shape index (κ2) is 9.85. The molecule has 0 spiro atoms. The number of aliphatic carboxylic acids is 1. The van der Waals surface area contributed by atoms with Gasteiger partial charge in [-0.25, -0.2) is 4.79 Å². The van der Waals surface area contributed by atoms with Crippen molar-refractivity contribution in [3.05, 3.63) is 36.5 Å². The minimum atomic E-state index is -1.49. The smallest absolute Gasteiger partial charge is 0.337 e. The van der Waals surface area contributed by atoms with Gasteiger partial charge in [0.15, 0.2) is 6.10 Å². The van der Waals surface area contributed by atoms with Crippen molar-refractivity contribution in [1.82, 2.24) is 0 Å². The van der Waals surface area contributed by atoms with Crippen LogP contribution >= 0.6 is 0 Å². The highest BCUT2D eigenvalue weighted by Crippen LogP contribution is 2.15. The van der Waals surface area contributed by atoms with Gasteiger partial charge in [-0.2, -0.15) is 0 Å². The summed E-state index contributed by atoms with van der Waals surface area (Å²) in [6.45, 7) is 5.19. The summed E-state index contributed by atoms with van der Waals surface area (Å²) in [6.07, 6.45) is 12.2. The van der Waals surface area contributed by atoms with Crippen molar-refractivity contribution in [3.8, 4) is 0 Å². The molecule has 1 rings (SSSR count). The number of carbonyl (C=O) groups is 1. The summed E-state index contributed by atoms with van der Waals surface area (Å²) >= 11 is 0. The Morgan fingerprint density at radius 1 is 1.24 bits per heavy atom. The van der Waals surface area contributed by atoms with Gasteiger partial charge in [-0.05, 0) is 12.5 Å². The molecule has 1 aliphatic carbocycles. The van der Waals surface area contributed by atoms with Gasteiger partial charge in [0, 0.05) is 0 Å². The normalized spacial score (nSPS) is 17.4. The van der Waals surface area contributed by atoms with E-state index in [1.807, 2.05) is 0 Å². The number of hydrogen-bond donors (Lipinski definition) is 2. The minimum absolute atomic E-state index is 0.278. The molecule has 1 fully saturated rings. The Morgan fingerprint density at radius 2 is 1.71 bits per heavy atom. The van der Waals surface area contributed by atoms with Crippen LogP contribution in [0.25, 0.3) is 0 Å². The molecule has 0 aliphatic heterocycles. The Morgan fingerprint density at radius 3 is 2.00 bits per heavy atom. The first kappa shape index (κ1) is 15.7. The highest BCUT2D eigenvalue weighted by Gasteiger charge is 2.15. The number of aliphatic hydroxyl groups is 1. The van der Waals surface area contributed by atoms with E-state index in [2.05, 4.69) is 6.58 Å². The van der Waals surface area contributed by atoms with Crippen molar-refractivity contribution in [2.24, 2.45) is 0 Å². The lowest BCUT2D eigenvalue weighted by Gasteiger charge is -2.04. The van der Waals surface area contributed by atoms with Crippen LogP contribution in [-0.4, -0.2) is 22.3 Å². The van der Waals surface area contributed by atoms with Crippen LogP contribution in [0.4, 0.5) is 0 Å². The van der Waals surface area contributed by atoms with E-state index in [4.69, 9.17) is 10.2 Å². The first-order chi connectivity index (χ1) is 8.13. The average Bonchev–Trinajstić information content (AvgIpc) is 2.88. The standard InChI is InChI=1S/C9H12O3.C5H10/c1-3-5-6-7(4-2)8(10)9(11)12;1-2-4-5-3-1/h3-6,8,10H,2H2,1H3,(H,11,12);1-5H2/b5-3-,7-6+;/t8-;/m1./s1. The van der Waals surface area contributed by atoms with Crippen LogP contribution in [0.15, 0.2) is 36.5 Å². The Labute approximate surface area is 103 Å². The zero-order valence-electron chi connectivity index (χ0n) is 10.4. The summed E-state index contributed by atoms with van der Waals surface area (Å²) in [5.41, 5.74) is 0.278. The molecule has 0 heterocycles. The fraction of sp³-hybridized carbons (Fsp3) is 0.500. The van der Waals surface area contributed by atoms with E-state index in [1.165, 1.54) is 44.3 Å². The molecule has 2 N–H and O–H groups in total. The van der Waals surface area contributed by atoms with E-state index in [1.54, 1.807) is 19.1 Å². The van der Waals surface area contributed by atoms with Crippen molar-refractivity contribution < 1.29 is 15.0 Å². The lowest BCUT2D eigenvalue weighted by Crippen LogP contribution is -2.20. The van der Waals surface area contributed by atoms with Gasteiger partial charge >= 0.3 is 5.97 Å². The number of carboxylic acid groups (broad SMARTS) is 1. The molecule has 17 heavy (non-hydrogen) atoms. The quantitative estimate of drug-likeness (QED) is 0.740. The fourth-order valence-electron chi connectivity index (χ4n) is 1.50. The first-order valence-electron chi connectivity index (χ1n) is 5.99. The van der Waals surface area contributed by atoms with Crippen molar-refractivity contribution >= 4 is 5.97 Å². The van der Waals surface area contributed by atoms with Crippen molar-refractivity contribution in [2.45, 2.75) is 45.1 Å². The molecule has 1 aliphatic rings. The maximum Gasteiger partial charge on any atom is 0.337 e. The van der Waals surface area contributed by atoms with Crippen LogP contribution in [0, 0.1) is 0 Å². The van der Waals surface area contributed by atoms with Crippen LogP contribution in [-0.2, 0) is 4.79 Å². The summed E-state index contributed by atoms with van der Waals surface area (Å²) < 4.78 is 0. The maximum absolute atomic E-state index is 10.3. The molecule has 0 saturated heterocycles. The van der Waals surface area contributed by atoms with Gasteiger partial charge < -0.3 is 10.2 Å². The van der Waals surface area contributed by atoms with E-state index in [-0.39, 0.29) is 5.57 Å². The van der Waals surface area contributed by atoms with Crippen molar-refractivity contribution in [1.29, 1.82) is 0 Å². The second-order valence-electron chi connectivity index (χ2n) is 3.91. The first-order valence-corrected chi connectivity index (χ1v) is 5.99. The molecule has 0 unspecified atom stereocenters.